The molecule has 2 rings (SSSR count). The number of hydrogen-bond donors (Lipinski definition) is 2. The maximum absolute atomic E-state index is 12.2. The van der Waals surface area contributed by atoms with Crippen LogP contribution in [0.25, 0.3) is 0 Å². The van der Waals surface area contributed by atoms with E-state index < -0.39 is 11.4 Å². The third-order valence-electron chi connectivity index (χ3n) is 4.34. The molecule has 0 bridgehead atoms. The Morgan fingerprint density at radius 2 is 1.90 bits per heavy atom. The van der Waals surface area contributed by atoms with Gasteiger partial charge in [0, 0.05) is 5.69 Å². The molecule has 1 aromatic heterocycles. The summed E-state index contributed by atoms with van der Waals surface area (Å²) in [4.78, 5) is 23.8. The van der Waals surface area contributed by atoms with E-state index in [4.69, 9.17) is 5.73 Å². The summed E-state index contributed by atoms with van der Waals surface area (Å²) >= 11 is 0. The van der Waals surface area contributed by atoms with E-state index in [-0.39, 0.29) is 12.5 Å². The Morgan fingerprint density at radius 1 is 1.30 bits per heavy atom. The van der Waals surface area contributed by atoms with Crippen LogP contribution in [0.3, 0.4) is 0 Å². The van der Waals surface area contributed by atoms with Gasteiger partial charge >= 0.3 is 0 Å². The normalized spacial score (nSPS) is 17.1. The van der Waals surface area contributed by atoms with Gasteiger partial charge in [-0.15, -0.1) is 0 Å². The maximum atomic E-state index is 12.2. The number of carbonyl (C=O) groups excluding carboxylic acids is 2. The van der Waals surface area contributed by atoms with Crippen molar-refractivity contribution in [2.75, 3.05) is 0 Å². The van der Waals surface area contributed by atoms with Crippen LogP contribution >= 0.6 is 0 Å². The third kappa shape index (κ3) is 2.55. The summed E-state index contributed by atoms with van der Waals surface area (Å²) in [6.45, 7) is 5.95. The quantitative estimate of drug-likeness (QED) is 0.850. The van der Waals surface area contributed by atoms with E-state index in [9.17, 15) is 9.59 Å². The van der Waals surface area contributed by atoms with Crippen molar-refractivity contribution in [1.29, 1.82) is 0 Å². The van der Waals surface area contributed by atoms with Crippen LogP contribution in [0, 0.1) is 20.8 Å². The number of rotatable bonds is 4. The largest absolute Gasteiger partial charge is 0.368 e. The number of nitrogens with one attached hydrogen (secondary N) is 1. The summed E-state index contributed by atoms with van der Waals surface area (Å²) in [6.07, 6.45) is 3.10. The topological polar surface area (TPSA) is 90.0 Å². The lowest BCUT2D eigenvalue weighted by Crippen LogP contribution is -2.56. The molecule has 1 aliphatic carbocycles. The average molecular weight is 278 g/mol. The zero-order valence-corrected chi connectivity index (χ0v) is 12.3. The molecule has 0 radical (unpaired) electrons. The van der Waals surface area contributed by atoms with Gasteiger partial charge in [-0.25, -0.2) is 0 Å². The molecule has 2 amide bonds. The first-order valence-corrected chi connectivity index (χ1v) is 6.97. The van der Waals surface area contributed by atoms with Gasteiger partial charge in [-0.3, -0.25) is 14.3 Å². The van der Waals surface area contributed by atoms with Gasteiger partial charge in [0.15, 0.2) is 0 Å². The van der Waals surface area contributed by atoms with E-state index in [1.807, 2.05) is 20.8 Å². The van der Waals surface area contributed by atoms with Crippen molar-refractivity contribution in [3.8, 4) is 0 Å². The van der Waals surface area contributed by atoms with Crippen LogP contribution in [0.5, 0.6) is 0 Å². The molecule has 0 aromatic carbocycles. The zero-order chi connectivity index (χ0) is 14.9. The molecule has 0 atom stereocenters. The fraction of sp³-hybridized carbons (Fsp3) is 0.643. The number of carbonyl (C=O) groups is 2. The van der Waals surface area contributed by atoms with E-state index in [1.54, 1.807) is 4.68 Å². The molecule has 20 heavy (non-hydrogen) atoms. The standard InChI is InChI=1S/C14H22N4O2/c1-9-10(2)17-18(11(9)3)8-12(19)16-14(13(15)20)6-4-5-7-14/h4-8H2,1-3H3,(H2,15,20)(H,16,19). The van der Waals surface area contributed by atoms with Gasteiger partial charge in [-0.2, -0.15) is 5.10 Å². The summed E-state index contributed by atoms with van der Waals surface area (Å²) in [5, 5.41) is 7.15. The van der Waals surface area contributed by atoms with Gasteiger partial charge < -0.3 is 11.1 Å². The number of amides is 2. The van der Waals surface area contributed by atoms with E-state index >= 15 is 0 Å². The van der Waals surface area contributed by atoms with E-state index in [0.717, 1.165) is 29.8 Å². The van der Waals surface area contributed by atoms with Crippen molar-refractivity contribution < 1.29 is 9.59 Å². The lowest BCUT2D eigenvalue weighted by molar-refractivity contribution is -0.131. The second kappa shape index (κ2) is 5.26. The molecule has 0 saturated heterocycles. The lowest BCUT2D eigenvalue weighted by Gasteiger charge is -2.26. The minimum absolute atomic E-state index is 0.121. The summed E-state index contributed by atoms with van der Waals surface area (Å²) in [7, 11) is 0. The minimum Gasteiger partial charge on any atom is -0.368 e. The summed E-state index contributed by atoms with van der Waals surface area (Å²) in [5.41, 5.74) is 7.57. The summed E-state index contributed by atoms with van der Waals surface area (Å²) in [6, 6.07) is 0. The van der Waals surface area contributed by atoms with Crippen LogP contribution in [0.15, 0.2) is 0 Å². The SMILES string of the molecule is Cc1nn(CC(=O)NC2(C(N)=O)CCCC2)c(C)c1C. The minimum atomic E-state index is -0.859. The Labute approximate surface area is 118 Å². The van der Waals surface area contributed by atoms with Crippen LogP contribution in [0.4, 0.5) is 0 Å². The molecule has 0 aliphatic heterocycles. The molecule has 0 unspecified atom stereocenters. The van der Waals surface area contributed by atoms with Crippen molar-refractivity contribution >= 4 is 11.8 Å². The molecular formula is C14H22N4O2. The molecular weight excluding hydrogens is 256 g/mol. The van der Waals surface area contributed by atoms with Crippen LogP contribution in [-0.2, 0) is 16.1 Å². The Bertz CT molecular complexity index is 542. The molecule has 3 N–H and O–H groups in total. The van der Waals surface area contributed by atoms with Gasteiger partial charge in [-0.05, 0) is 39.2 Å². The highest BCUT2D eigenvalue weighted by atomic mass is 16.2. The first kappa shape index (κ1) is 14.6. The van der Waals surface area contributed by atoms with Crippen molar-refractivity contribution in [3.05, 3.63) is 17.0 Å². The van der Waals surface area contributed by atoms with Crippen LogP contribution in [0.2, 0.25) is 0 Å². The lowest BCUT2D eigenvalue weighted by atomic mass is 9.97. The Kier molecular flexibility index (Phi) is 3.83. The number of hydrogen-bond acceptors (Lipinski definition) is 3. The number of nitrogens with zero attached hydrogens (tertiary/aromatic N) is 2. The van der Waals surface area contributed by atoms with Gasteiger partial charge in [-0.1, -0.05) is 12.8 Å². The highest BCUT2D eigenvalue weighted by molar-refractivity contribution is 5.90. The van der Waals surface area contributed by atoms with E-state index in [2.05, 4.69) is 10.4 Å². The highest BCUT2D eigenvalue weighted by Gasteiger charge is 2.40. The molecule has 110 valence electrons. The molecule has 1 heterocycles. The number of nitrogens with two attached hydrogens (primary N) is 1. The predicted molar refractivity (Wildman–Crippen MR) is 75.0 cm³/mol. The Morgan fingerprint density at radius 3 is 2.35 bits per heavy atom. The smallest absolute Gasteiger partial charge is 0.243 e. The molecule has 0 spiro atoms. The molecule has 1 fully saturated rings. The van der Waals surface area contributed by atoms with Crippen LogP contribution in [-0.4, -0.2) is 27.1 Å². The molecule has 1 aliphatic rings. The van der Waals surface area contributed by atoms with Gasteiger partial charge in [0.25, 0.3) is 0 Å². The molecule has 1 saturated carbocycles. The average Bonchev–Trinajstić information content (AvgIpc) is 2.93. The van der Waals surface area contributed by atoms with Gasteiger partial charge in [0.1, 0.15) is 12.1 Å². The molecule has 6 nitrogen and oxygen atoms in total. The van der Waals surface area contributed by atoms with Crippen molar-refractivity contribution in [2.45, 2.75) is 58.5 Å². The first-order valence-electron chi connectivity index (χ1n) is 6.97. The Balaban J connectivity index is 2.09. The number of primary amides is 1. The highest BCUT2D eigenvalue weighted by Crippen LogP contribution is 2.29. The van der Waals surface area contributed by atoms with Gasteiger partial charge in [0.2, 0.25) is 11.8 Å². The van der Waals surface area contributed by atoms with E-state index in [0.29, 0.717) is 12.8 Å². The van der Waals surface area contributed by atoms with Crippen LogP contribution < -0.4 is 11.1 Å². The summed E-state index contributed by atoms with van der Waals surface area (Å²) in [5.74, 6) is -0.649. The number of aryl methyl sites for hydroxylation is 1. The third-order valence-corrected chi connectivity index (χ3v) is 4.34. The van der Waals surface area contributed by atoms with Crippen molar-refractivity contribution in [2.24, 2.45) is 5.73 Å². The van der Waals surface area contributed by atoms with Crippen molar-refractivity contribution in [3.63, 3.8) is 0 Å². The number of aromatic nitrogens is 2. The fourth-order valence-corrected chi connectivity index (χ4v) is 2.79. The molecule has 1 aromatic rings. The van der Waals surface area contributed by atoms with E-state index in [1.165, 1.54) is 0 Å². The first-order chi connectivity index (χ1) is 9.35. The zero-order valence-electron chi connectivity index (χ0n) is 12.3. The second-order valence-electron chi connectivity index (χ2n) is 5.66. The monoisotopic (exact) mass is 278 g/mol. The fourth-order valence-electron chi connectivity index (χ4n) is 2.79. The molecule has 6 heteroatoms. The van der Waals surface area contributed by atoms with Gasteiger partial charge in [0.05, 0.1) is 5.69 Å². The predicted octanol–water partition coefficient (Wildman–Crippen LogP) is 0.723. The van der Waals surface area contributed by atoms with Crippen LogP contribution in [0.1, 0.15) is 42.6 Å². The second-order valence-corrected chi connectivity index (χ2v) is 5.66. The maximum Gasteiger partial charge on any atom is 0.243 e. The summed E-state index contributed by atoms with van der Waals surface area (Å²) < 4.78 is 1.67. The van der Waals surface area contributed by atoms with Crippen molar-refractivity contribution in [1.82, 2.24) is 15.1 Å². The Hall–Kier alpha value is -1.85.